The maximum atomic E-state index is 12.7. The van der Waals surface area contributed by atoms with Crippen LogP contribution < -0.4 is 5.32 Å². The zero-order chi connectivity index (χ0) is 15.8. The first kappa shape index (κ1) is 14.4. The topological polar surface area (TPSA) is 83.6 Å². The van der Waals surface area contributed by atoms with Gasteiger partial charge in [0.2, 0.25) is 0 Å². The predicted octanol–water partition coefficient (Wildman–Crippen LogP) is 2.27. The summed E-state index contributed by atoms with van der Waals surface area (Å²) in [6.07, 6.45) is 8.20. The van der Waals surface area contributed by atoms with Crippen LogP contribution in [0.1, 0.15) is 65.0 Å². The third-order valence-electron chi connectivity index (χ3n) is 4.74. The van der Waals surface area contributed by atoms with Gasteiger partial charge in [0.1, 0.15) is 0 Å². The Balaban J connectivity index is 1.57. The molecular weight excluding hydrogens is 290 g/mol. The highest BCUT2D eigenvalue weighted by molar-refractivity contribution is 5.94. The van der Waals surface area contributed by atoms with E-state index in [4.69, 9.17) is 0 Å². The lowest BCUT2D eigenvalue weighted by molar-refractivity contribution is 0.0923. The fourth-order valence-electron chi connectivity index (χ4n) is 3.32. The summed E-state index contributed by atoms with van der Waals surface area (Å²) in [7, 11) is 0. The monoisotopic (exact) mass is 311 g/mol. The molecule has 0 unspecified atom stereocenters. The summed E-state index contributed by atoms with van der Waals surface area (Å²) in [6.45, 7) is 1.95. The van der Waals surface area contributed by atoms with Crippen molar-refractivity contribution in [2.24, 2.45) is 5.92 Å². The molecule has 1 amide bonds. The SMILES string of the molecule is Cc1ccnc([C@@H](NC(=O)c2n[nH]c3c2CCCC3)C2CC2)n1. The minimum absolute atomic E-state index is 0.105. The van der Waals surface area contributed by atoms with Crippen LogP contribution in [0, 0.1) is 12.8 Å². The standard InChI is InChI=1S/C17H21N5O/c1-10-8-9-18-16(19-10)14(11-6-7-11)20-17(23)15-12-4-2-3-5-13(12)21-22-15/h8-9,11,14H,2-7H2,1H3,(H,20,23)(H,21,22)/t14-/m0/s1. The Morgan fingerprint density at radius 1 is 1.35 bits per heavy atom. The van der Waals surface area contributed by atoms with Crippen molar-refractivity contribution in [2.45, 2.75) is 51.5 Å². The van der Waals surface area contributed by atoms with Crippen LogP contribution in [0.15, 0.2) is 12.3 Å². The number of aryl methyl sites for hydroxylation is 2. The van der Waals surface area contributed by atoms with Crippen molar-refractivity contribution in [1.29, 1.82) is 0 Å². The Kier molecular flexibility index (Phi) is 3.59. The van der Waals surface area contributed by atoms with Crippen LogP contribution in [0.25, 0.3) is 0 Å². The number of hydrogen-bond acceptors (Lipinski definition) is 4. The van der Waals surface area contributed by atoms with E-state index in [1.54, 1.807) is 6.20 Å². The molecule has 2 heterocycles. The molecule has 6 heteroatoms. The van der Waals surface area contributed by atoms with E-state index in [0.717, 1.165) is 55.5 Å². The van der Waals surface area contributed by atoms with Crippen molar-refractivity contribution in [3.05, 3.63) is 40.7 Å². The fraction of sp³-hybridized carbons (Fsp3) is 0.529. The lowest BCUT2D eigenvalue weighted by atomic mass is 9.95. The molecule has 1 fully saturated rings. The molecule has 0 spiro atoms. The van der Waals surface area contributed by atoms with Gasteiger partial charge in [-0.3, -0.25) is 9.89 Å². The molecule has 2 aliphatic carbocycles. The Labute approximate surface area is 135 Å². The number of nitrogens with one attached hydrogen (secondary N) is 2. The zero-order valence-electron chi connectivity index (χ0n) is 13.3. The number of carbonyl (C=O) groups excluding carboxylic acids is 1. The van der Waals surface area contributed by atoms with Crippen LogP contribution in [0.3, 0.4) is 0 Å². The number of aromatic nitrogens is 4. The second kappa shape index (κ2) is 5.76. The van der Waals surface area contributed by atoms with E-state index < -0.39 is 0 Å². The molecule has 0 radical (unpaired) electrons. The van der Waals surface area contributed by atoms with Crippen molar-refractivity contribution in [3.63, 3.8) is 0 Å². The van der Waals surface area contributed by atoms with Gasteiger partial charge in [0.15, 0.2) is 11.5 Å². The van der Waals surface area contributed by atoms with Gasteiger partial charge in [-0.25, -0.2) is 9.97 Å². The number of fused-ring (bicyclic) bond motifs is 1. The van der Waals surface area contributed by atoms with Crippen LogP contribution in [0.2, 0.25) is 0 Å². The molecule has 120 valence electrons. The molecule has 1 atom stereocenters. The van der Waals surface area contributed by atoms with Crippen LogP contribution >= 0.6 is 0 Å². The Bertz CT molecular complexity index is 734. The van der Waals surface area contributed by atoms with E-state index in [1.807, 2.05) is 13.0 Å². The summed E-state index contributed by atoms with van der Waals surface area (Å²) in [5.74, 6) is 1.05. The highest BCUT2D eigenvalue weighted by atomic mass is 16.2. The first-order valence-corrected chi connectivity index (χ1v) is 8.39. The van der Waals surface area contributed by atoms with E-state index >= 15 is 0 Å². The van der Waals surface area contributed by atoms with Crippen molar-refractivity contribution in [3.8, 4) is 0 Å². The predicted molar refractivity (Wildman–Crippen MR) is 84.9 cm³/mol. The average Bonchev–Trinajstić information content (AvgIpc) is 3.30. The number of hydrogen-bond donors (Lipinski definition) is 2. The number of amides is 1. The maximum Gasteiger partial charge on any atom is 0.272 e. The minimum atomic E-state index is -0.113. The highest BCUT2D eigenvalue weighted by Crippen LogP contribution is 2.40. The number of rotatable bonds is 4. The molecule has 2 aromatic rings. The van der Waals surface area contributed by atoms with E-state index in [-0.39, 0.29) is 11.9 Å². The summed E-state index contributed by atoms with van der Waals surface area (Å²) in [5, 5.41) is 10.4. The summed E-state index contributed by atoms with van der Waals surface area (Å²) in [4.78, 5) is 21.6. The van der Waals surface area contributed by atoms with Gasteiger partial charge < -0.3 is 5.32 Å². The van der Waals surface area contributed by atoms with Gasteiger partial charge in [0.25, 0.3) is 5.91 Å². The number of H-pyrrole nitrogens is 1. The summed E-state index contributed by atoms with van der Waals surface area (Å²) in [6, 6.07) is 1.76. The third kappa shape index (κ3) is 2.85. The molecule has 4 rings (SSSR count). The molecule has 1 saturated carbocycles. The van der Waals surface area contributed by atoms with E-state index in [1.165, 1.54) is 0 Å². The summed E-state index contributed by atoms with van der Waals surface area (Å²) >= 11 is 0. The van der Waals surface area contributed by atoms with Gasteiger partial charge in [-0.2, -0.15) is 5.10 Å². The maximum absolute atomic E-state index is 12.7. The van der Waals surface area contributed by atoms with Crippen molar-refractivity contribution < 1.29 is 4.79 Å². The molecule has 0 saturated heterocycles. The Morgan fingerprint density at radius 3 is 2.96 bits per heavy atom. The van der Waals surface area contributed by atoms with Crippen molar-refractivity contribution in [2.75, 3.05) is 0 Å². The molecule has 2 aromatic heterocycles. The van der Waals surface area contributed by atoms with Crippen LogP contribution in [-0.2, 0) is 12.8 Å². The first-order valence-electron chi connectivity index (χ1n) is 8.39. The molecule has 2 aliphatic rings. The first-order chi connectivity index (χ1) is 11.2. The lowest BCUT2D eigenvalue weighted by Crippen LogP contribution is -2.32. The summed E-state index contributed by atoms with van der Waals surface area (Å²) < 4.78 is 0. The van der Waals surface area contributed by atoms with Gasteiger partial charge in [0, 0.05) is 23.1 Å². The van der Waals surface area contributed by atoms with Crippen molar-refractivity contribution >= 4 is 5.91 Å². The molecule has 0 bridgehead atoms. The quantitative estimate of drug-likeness (QED) is 0.907. The van der Waals surface area contributed by atoms with Gasteiger partial charge in [-0.15, -0.1) is 0 Å². The average molecular weight is 311 g/mol. The highest BCUT2D eigenvalue weighted by Gasteiger charge is 2.36. The fourth-order valence-corrected chi connectivity index (χ4v) is 3.32. The molecular formula is C17H21N5O. The number of aromatic amines is 1. The molecule has 2 N–H and O–H groups in total. The summed E-state index contributed by atoms with van der Waals surface area (Å²) in [5.41, 5.74) is 3.69. The van der Waals surface area contributed by atoms with Gasteiger partial charge in [-0.1, -0.05) is 0 Å². The van der Waals surface area contributed by atoms with Gasteiger partial charge in [-0.05, 0) is 57.4 Å². The molecule has 6 nitrogen and oxygen atoms in total. The molecule has 23 heavy (non-hydrogen) atoms. The second-order valence-electron chi connectivity index (χ2n) is 6.58. The van der Waals surface area contributed by atoms with Crippen LogP contribution in [-0.4, -0.2) is 26.1 Å². The molecule has 0 aromatic carbocycles. The smallest absolute Gasteiger partial charge is 0.272 e. The van der Waals surface area contributed by atoms with E-state index in [0.29, 0.717) is 17.4 Å². The Hall–Kier alpha value is -2.24. The van der Waals surface area contributed by atoms with Crippen LogP contribution in [0.5, 0.6) is 0 Å². The second-order valence-corrected chi connectivity index (χ2v) is 6.58. The van der Waals surface area contributed by atoms with E-state index in [9.17, 15) is 4.79 Å². The third-order valence-corrected chi connectivity index (χ3v) is 4.74. The van der Waals surface area contributed by atoms with Crippen LogP contribution in [0.4, 0.5) is 0 Å². The van der Waals surface area contributed by atoms with Gasteiger partial charge in [0.05, 0.1) is 6.04 Å². The minimum Gasteiger partial charge on any atom is -0.340 e. The van der Waals surface area contributed by atoms with Gasteiger partial charge >= 0.3 is 0 Å². The largest absolute Gasteiger partial charge is 0.340 e. The Morgan fingerprint density at radius 2 is 2.17 bits per heavy atom. The zero-order valence-corrected chi connectivity index (χ0v) is 13.3. The molecule has 0 aliphatic heterocycles. The van der Waals surface area contributed by atoms with E-state index in [2.05, 4.69) is 25.5 Å². The number of nitrogens with zero attached hydrogens (tertiary/aromatic N) is 3. The normalized spacial score (nSPS) is 18.3. The lowest BCUT2D eigenvalue weighted by Gasteiger charge is -2.17. The number of carbonyl (C=O) groups is 1. The van der Waals surface area contributed by atoms with Crippen molar-refractivity contribution in [1.82, 2.24) is 25.5 Å².